The molecule has 1 heterocycles. The predicted molar refractivity (Wildman–Crippen MR) is 173 cm³/mol. The number of hydrogen-bond acceptors (Lipinski definition) is 2. The summed E-state index contributed by atoms with van der Waals surface area (Å²) in [5, 5.41) is 0. The number of fused-ring (bicyclic) bond motifs is 2. The van der Waals surface area contributed by atoms with Gasteiger partial charge < -0.3 is 9.64 Å². The van der Waals surface area contributed by atoms with E-state index in [0.717, 1.165) is 59.8 Å². The summed E-state index contributed by atoms with van der Waals surface area (Å²) in [4.78, 5) is 2.35. The van der Waals surface area contributed by atoms with Gasteiger partial charge in [0.15, 0.2) is 11.5 Å². The van der Waals surface area contributed by atoms with Crippen molar-refractivity contribution in [2.75, 3.05) is 4.90 Å². The number of halogens is 2. The summed E-state index contributed by atoms with van der Waals surface area (Å²) >= 11 is 7.30. The van der Waals surface area contributed by atoms with Crippen molar-refractivity contribution in [2.24, 2.45) is 0 Å². The lowest BCUT2D eigenvalue weighted by Crippen LogP contribution is -2.17. The first-order valence-electron chi connectivity index (χ1n) is 13.1. The van der Waals surface area contributed by atoms with Gasteiger partial charge in [0, 0.05) is 20.1 Å². The molecule has 4 heteroatoms. The monoisotopic (exact) mass is 643 g/mol. The summed E-state index contributed by atoms with van der Waals surface area (Å²) in [7, 11) is 0. The molecule has 40 heavy (non-hydrogen) atoms. The van der Waals surface area contributed by atoms with Crippen LogP contribution in [0.25, 0.3) is 33.4 Å². The summed E-state index contributed by atoms with van der Waals surface area (Å²) in [5.74, 6) is 1.59. The molecule has 0 aromatic heterocycles. The Morgan fingerprint density at radius 1 is 0.425 bits per heavy atom. The molecule has 0 bridgehead atoms. The average Bonchev–Trinajstić information content (AvgIpc) is 3.00. The van der Waals surface area contributed by atoms with E-state index >= 15 is 0 Å². The van der Waals surface area contributed by atoms with Crippen LogP contribution >= 0.6 is 31.9 Å². The van der Waals surface area contributed by atoms with Gasteiger partial charge in [-0.1, -0.05) is 123 Å². The molecule has 192 valence electrons. The van der Waals surface area contributed by atoms with Crippen molar-refractivity contribution in [2.45, 2.75) is 0 Å². The molecule has 7 rings (SSSR count). The van der Waals surface area contributed by atoms with Crippen LogP contribution in [0.1, 0.15) is 0 Å². The van der Waals surface area contributed by atoms with Crippen LogP contribution in [0.15, 0.2) is 148 Å². The van der Waals surface area contributed by atoms with Gasteiger partial charge >= 0.3 is 0 Å². The van der Waals surface area contributed by atoms with Crippen LogP contribution < -0.4 is 9.64 Å². The van der Waals surface area contributed by atoms with E-state index in [0.29, 0.717) is 0 Å². The Hall–Kier alpha value is -4.12. The Kier molecular flexibility index (Phi) is 6.51. The van der Waals surface area contributed by atoms with Gasteiger partial charge in [0.25, 0.3) is 0 Å². The quantitative estimate of drug-likeness (QED) is 0.189. The third kappa shape index (κ3) is 4.53. The Bertz CT molecular complexity index is 1720. The van der Waals surface area contributed by atoms with Crippen LogP contribution in [0.4, 0.5) is 17.1 Å². The number of ether oxygens (including phenoxy) is 1. The Morgan fingerprint density at radius 2 is 0.850 bits per heavy atom. The van der Waals surface area contributed by atoms with Gasteiger partial charge in [-0.2, -0.15) is 0 Å². The lowest BCUT2D eigenvalue weighted by atomic mass is 9.89. The van der Waals surface area contributed by atoms with Crippen LogP contribution in [0, 0.1) is 0 Å². The molecule has 0 fully saturated rings. The van der Waals surface area contributed by atoms with Crippen molar-refractivity contribution < 1.29 is 4.74 Å². The molecule has 1 aliphatic heterocycles. The summed E-state index contributed by atoms with van der Waals surface area (Å²) in [6, 6.07) is 49.0. The largest absolute Gasteiger partial charge is 0.453 e. The second kappa shape index (κ2) is 10.5. The van der Waals surface area contributed by atoms with Gasteiger partial charge in [-0.15, -0.1) is 0 Å². The van der Waals surface area contributed by atoms with Crippen molar-refractivity contribution in [1.29, 1.82) is 0 Å². The number of rotatable bonds is 4. The summed E-state index contributed by atoms with van der Waals surface area (Å²) in [6.07, 6.45) is 0. The third-order valence-corrected chi connectivity index (χ3v) is 8.14. The molecular formula is C36H23Br2NO. The molecule has 0 aliphatic carbocycles. The first-order valence-corrected chi connectivity index (χ1v) is 14.7. The Morgan fingerprint density at radius 3 is 1.30 bits per heavy atom. The molecule has 0 N–H and O–H groups in total. The molecular weight excluding hydrogens is 622 g/mol. The maximum atomic E-state index is 6.47. The zero-order chi connectivity index (χ0) is 27.1. The molecule has 0 radical (unpaired) electrons. The van der Waals surface area contributed by atoms with Crippen molar-refractivity contribution in [3.63, 3.8) is 0 Å². The fourth-order valence-electron chi connectivity index (χ4n) is 5.35. The fourth-order valence-corrected chi connectivity index (χ4v) is 6.03. The molecule has 0 spiro atoms. The normalized spacial score (nSPS) is 11.9. The average molecular weight is 645 g/mol. The van der Waals surface area contributed by atoms with E-state index in [4.69, 9.17) is 4.74 Å². The highest BCUT2D eigenvalue weighted by molar-refractivity contribution is 9.10. The molecule has 0 saturated heterocycles. The van der Waals surface area contributed by atoms with Gasteiger partial charge in [-0.25, -0.2) is 0 Å². The number of nitrogens with zero attached hydrogens (tertiary/aromatic N) is 1. The van der Waals surface area contributed by atoms with Crippen molar-refractivity contribution >= 4 is 48.9 Å². The van der Waals surface area contributed by atoms with Gasteiger partial charge in [-0.3, -0.25) is 0 Å². The zero-order valence-corrected chi connectivity index (χ0v) is 24.6. The molecule has 1 aliphatic rings. The maximum Gasteiger partial charge on any atom is 0.152 e. The van der Waals surface area contributed by atoms with E-state index in [-0.39, 0.29) is 0 Å². The molecule has 0 saturated carbocycles. The molecule has 2 nitrogen and oxygen atoms in total. The minimum Gasteiger partial charge on any atom is -0.453 e. The second-order valence-corrected chi connectivity index (χ2v) is 11.5. The summed E-state index contributed by atoms with van der Waals surface area (Å²) < 4.78 is 8.41. The van der Waals surface area contributed by atoms with Crippen LogP contribution in [0.2, 0.25) is 0 Å². The molecule has 6 aromatic carbocycles. The van der Waals surface area contributed by atoms with E-state index < -0.39 is 0 Å². The first-order chi connectivity index (χ1) is 19.7. The number of benzene rings is 6. The van der Waals surface area contributed by atoms with E-state index in [1.165, 1.54) is 11.1 Å². The minimum absolute atomic E-state index is 0.796. The highest BCUT2D eigenvalue weighted by atomic mass is 79.9. The summed E-state index contributed by atoms with van der Waals surface area (Å²) in [5.41, 5.74) is 10.0. The van der Waals surface area contributed by atoms with Crippen LogP contribution in [0.5, 0.6) is 11.5 Å². The maximum absolute atomic E-state index is 6.47. The minimum atomic E-state index is 0.796. The van der Waals surface area contributed by atoms with E-state index in [2.05, 4.69) is 164 Å². The van der Waals surface area contributed by atoms with Crippen molar-refractivity contribution in [3.05, 3.63) is 148 Å². The molecule has 0 unspecified atom stereocenters. The van der Waals surface area contributed by atoms with Crippen LogP contribution in [-0.2, 0) is 0 Å². The molecule has 6 aromatic rings. The highest BCUT2D eigenvalue weighted by Gasteiger charge is 2.30. The van der Waals surface area contributed by atoms with E-state index in [1.54, 1.807) is 0 Å². The predicted octanol–water partition coefficient (Wildman–Crippen LogP) is 11.8. The number of anilines is 3. The van der Waals surface area contributed by atoms with Crippen LogP contribution in [-0.4, -0.2) is 0 Å². The fraction of sp³-hybridized carbons (Fsp3) is 0. The van der Waals surface area contributed by atoms with Crippen molar-refractivity contribution in [1.82, 2.24) is 0 Å². The van der Waals surface area contributed by atoms with Crippen molar-refractivity contribution in [3.8, 4) is 44.9 Å². The van der Waals surface area contributed by atoms with Crippen LogP contribution in [0.3, 0.4) is 0 Å². The Labute approximate surface area is 250 Å². The van der Waals surface area contributed by atoms with Gasteiger partial charge in [0.2, 0.25) is 0 Å². The molecule has 0 amide bonds. The van der Waals surface area contributed by atoms with Gasteiger partial charge in [0.05, 0.1) is 17.1 Å². The third-order valence-electron chi connectivity index (χ3n) is 7.16. The summed E-state index contributed by atoms with van der Waals surface area (Å²) in [6.45, 7) is 0. The second-order valence-electron chi connectivity index (χ2n) is 9.68. The van der Waals surface area contributed by atoms with Gasteiger partial charge in [0.1, 0.15) is 0 Å². The lowest BCUT2D eigenvalue weighted by Gasteiger charge is -2.36. The lowest BCUT2D eigenvalue weighted by molar-refractivity contribution is 0.476. The molecule has 0 atom stereocenters. The Balaban J connectivity index is 1.61. The number of hydrogen-bond donors (Lipinski definition) is 0. The standard InChI is InChI=1S/C36H23Br2NO/c37-28-16-18-32-34(22-28)40-35-23-29(38)17-19-33(35)39(32)36-30(25-12-6-2-7-13-25)20-27(24-10-4-1-5-11-24)21-31(36)26-14-8-3-9-15-26/h1-23H. The topological polar surface area (TPSA) is 12.5 Å². The zero-order valence-electron chi connectivity index (χ0n) is 21.4. The van der Waals surface area contributed by atoms with E-state index in [9.17, 15) is 0 Å². The first kappa shape index (κ1) is 24.9. The van der Waals surface area contributed by atoms with E-state index in [1.807, 2.05) is 12.1 Å². The SMILES string of the molecule is Brc1ccc2c(c1)Oc1cc(Br)ccc1N2c1c(-c2ccccc2)cc(-c2ccccc2)cc1-c1ccccc1. The smallest absolute Gasteiger partial charge is 0.152 e. The highest BCUT2D eigenvalue weighted by Crippen LogP contribution is 2.56. The van der Waals surface area contributed by atoms with Gasteiger partial charge in [-0.05, 0) is 70.8 Å².